The highest BCUT2D eigenvalue weighted by molar-refractivity contribution is 5.69. The topological polar surface area (TPSA) is 43.8 Å². The molecule has 23 heavy (non-hydrogen) atoms. The largest absolute Gasteiger partial charge is 0.480 e. The van der Waals surface area contributed by atoms with E-state index in [1.165, 1.54) is 18.4 Å². The molecular weight excluding hydrogens is 288 g/mol. The lowest BCUT2D eigenvalue weighted by Gasteiger charge is -2.37. The molecule has 0 bridgehead atoms. The minimum absolute atomic E-state index is 0.146. The van der Waals surface area contributed by atoms with Gasteiger partial charge in [-0.3, -0.25) is 9.69 Å². The molecule has 1 aromatic rings. The fourth-order valence-corrected chi connectivity index (χ4v) is 3.63. The summed E-state index contributed by atoms with van der Waals surface area (Å²) < 4.78 is 0. The first kappa shape index (κ1) is 18.0. The first-order valence-electron chi connectivity index (χ1n) is 8.79. The summed E-state index contributed by atoms with van der Waals surface area (Å²) in [4.78, 5) is 15.4. The zero-order valence-electron chi connectivity index (χ0n) is 14.4. The van der Waals surface area contributed by atoms with Gasteiger partial charge in [0.05, 0.1) is 6.54 Å². The van der Waals surface area contributed by atoms with Crippen molar-refractivity contribution in [3.8, 4) is 0 Å². The van der Waals surface area contributed by atoms with E-state index in [1.807, 2.05) is 11.9 Å². The lowest BCUT2D eigenvalue weighted by atomic mass is 9.92. The molecule has 2 rings (SSSR count). The van der Waals surface area contributed by atoms with Gasteiger partial charge in [0, 0.05) is 12.6 Å². The van der Waals surface area contributed by atoms with Gasteiger partial charge in [0.2, 0.25) is 0 Å². The van der Waals surface area contributed by atoms with Gasteiger partial charge in [-0.1, -0.05) is 43.7 Å². The predicted octanol–water partition coefficient (Wildman–Crippen LogP) is 3.05. The van der Waals surface area contributed by atoms with Crippen molar-refractivity contribution in [1.82, 2.24) is 9.80 Å². The van der Waals surface area contributed by atoms with Crippen molar-refractivity contribution in [2.24, 2.45) is 0 Å². The summed E-state index contributed by atoms with van der Waals surface area (Å²) in [6, 6.07) is 11.2. The van der Waals surface area contributed by atoms with E-state index in [2.05, 4.69) is 42.2 Å². The zero-order chi connectivity index (χ0) is 16.7. The minimum Gasteiger partial charge on any atom is -0.480 e. The molecule has 0 amide bonds. The quantitative estimate of drug-likeness (QED) is 0.800. The van der Waals surface area contributed by atoms with E-state index in [1.54, 1.807) is 0 Å². The Morgan fingerprint density at radius 1 is 1.30 bits per heavy atom. The van der Waals surface area contributed by atoms with Crippen LogP contribution < -0.4 is 0 Å². The van der Waals surface area contributed by atoms with Crippen molar-refractivity contribution in [2.45, 2.75) is 44.6 Å². The third-order valence-electron chi connectivity index (χ3n) is 4.95. The van der Waals surface area contributed by atoms with Crippen molar-refractivity contribution < 1.29 is 9.90 Å². The molecule has 1 N–H and O–H groups in total. The number of likely N-dealkylation sites (tertiary alicyclic amines) is 1. The molecule has 0 spiro atoms. The zero-order valence-corrected chi connectivity index (χ0v) is 14.4. The van der Waals surface area contributed by atoms with Crippen LogP contribution in [-0.2, 0) is 4.79 Å². The molecule has 0 radical (unpaired) electrons. The Morgan fingerprint density at radius 2 is 1.96 bits per heavy atom. The Kier molecular flexibility index (Phi) is 7.06. The average Bonchev–Trinajstić information content (AvgIpc) is 2.55. The van der Waals surface area contributed by atoms with Crippen molar-refractivity contribution in [3.63, 3.8) is 0 Å². The minimum atomic E-state index is -0.734. The van der Waals surface area contributed by atoms with Crippen LogP contribution >= 0.6 is 0 Å². The molecule has 4 heteroatoms. The number of hydrogen-bond donors (Lipinski definition) is 1. The van der Waals surface area contributed by atoms with Gasteiger partial charge in [-0.2, -0.15) is 0 Å². The number of likely N-dealkylation sites (N-methyl/N-ethyl adjacent to an activating group) is 1. The van der Waals surface area contributed by atoms with Gasteiger partial charge in [0.1, 0.15) is 0 Å². The Labute approximate surface area is 140 Å². The number of benzene rings is 1. The van der Waals surface area contributed by atoms with Gasteiger partial charge in [-0.25, -0.2) is 0 Å². The smallest absolute Gasteiger partial charge is 0.317 e. The molecule has 0 aliphatic carbocycles. The van der Waals surface area contributed by atoms with Gasteiger partial charge < -0.3 is 10.0 Å². The molecule has 1 unspecified atom stereocenters. The number of hydrogen-bond acceptors (Lipinski definition) is 3. The number of piperidine rings is 1. The molecule has 1 aliphatic heterocycles. The Morgan fingerprint density at radius 3 is 2.52 bits per heavy atom. The maximum Gasteiger partial charge on any atom is 0.317 e. The maximum atomic E-state index is 10.8. The molecule has 1 aromatic carbocycles. The maximum absolute atomic E-state index is 10.8. The number of nitrogens with zero attached hydrogens (tertiary/aromatic N) is 2. The summed E-state index contributed by atoms with van der Waals surface area (Å²) in [6.07, 6.45) is 4.56. The first-order chi connectivity index (χ1) is 11.1. The second-order valence-corrected chi connectivity index (χ2v) is 6.74. The van der Waals surface area contributed by atoms with Crippen LogP contribution in [0, 0.1) is 0 Å². The number of aliphatic carboxylic acids is 1. The van der Waals surface area contributed by atoms with Crippen LogP contribution in [0.2, 0.25) is 0 Å². The van der Waals surface area contributed by atoms with E-state index >= 15 is 0 Å². The highest BCUT2D eigenvalue weighted by Crippen LogP contribution is 2.24. The molecule has 128 valence electrons. The van der Waals surface area contributed by atoms with E-state index in [-0.39, 0.29) is 6.54 Å². The van der Waals surface area contributed by atoms with Crippen LogP contribution in [0.3, 0.4) is 0 Å². The summed E-state index contributed by atoms with van der Waals surface area (Å²) in [5.74, 6) is -0.128. The van der Waals surface area contributed by atoms with E-state index < -0.39 is 5.97 Å². The number of carbonyl (C=O) groups is 1. The van der Waals surface area contributed by atoms with Crippen molar-refractivity contribution in [2.75, 3.05) is 33.2 Å². The molecule has 1 fully saturated rings. The second-order valence-electron chi connectivity index (χ2n) is 6.74. The highest BCUT2D eigenvalue weighted by atomic mass is 16.4. The first-order valence-corrected chi connectivity index (χ1v) is 8.79. The summed E-state index contributed by atoms with van der Waals surface area (Å²) in [5.41, 5.74) is 1.44. The normalized spacial score (nSPS) is 18.2. The number of carboxylic acids is 1. The molecule has 1 saturated heterocycles. The average molecular weight is 318 g/mol. The fourth-order valence-electron chi connectivity index (χ4n) is 3.63. The van der Waals surface area contributed by atoms with Crippen LogP contribution in [0.15, 0.2) is 30.3 Å². The van der Waals surface area contributed by atoms with Gasteiger partial charge in [-0.05, 0) is 50.9 Å². The Bertz CT molecular complexity index is 470. The van der Waals surface area contributed by atoms with Crippen molar-refractivity contribution in [3.05, 3.63) is 35.9 Å². The third kappa shape index (κ3) is 5.63. The Hall–Kier alpha value is -1.39. The standard InChI is InChI=1S/C19H30N2O2/c1-3-7-17(16-8-5-4-6-9-16)14-21-12-10-18(11-13-21)20(2)15-19(22)23/h4-6,8-9,17-18H,3,7,10-15H2,1-2H3,(H,22,23). The lowest BCUT2D eigenvalue weighted by Crippen LogP contribution is -2.45. The summed E-state index contributed by atoms with van der Waals surface area (Å²) >= 11 is 0. The lowest BCUT2D eigenvalue weighted by molar-refractivity contribution is -0.138. The van der Waals surface area contributed by atoms with E-state index in [0.29, 0.717) is 12.0 Å². The molecular formula is C19H30N2O2. The van der Waals surface area contributed by atoms with Crippen LogP contribution in [0.1, 0.15) is 44.1 Å². The SMILES string of the molecule is CCCC(CN1CCC(N(C)CC(=O)O)CC1)c1ccccc1. The molecule has 0 saturated carbocycles. The molecule has 1 heterocycles. The number of rotatable bonds is 8. The van der Waals surface area contributed by atoms with Crippen LogP contribution in [0.5, 0.6) is 0 Å². The van der Waals surface area contributed by atoms with Crippen molar-refractivity contribution >= 4 is 5.97 Å². The molecule has 0 aromatic heterocycles. The number of carboxylic acid groups (broad SMARTS) is 1. The third-order valence-corrected chi connectivity index (χ3v) is 4.95. The van der Waals surface area contributed by atoms with Gasteiger partial charge >= 0.3 is 5.97 Å². The molecule has 1 aliphatic rings. The van der Waals surface area contributed by atoms with Crippen LogP contribution in [0.4, 0.5) is 0 Å². The monoisotopic (exact) mass is 318 g/mol. The fraction of sp³-hybridized carbons (Fsp3) is 0.632. The molecule has 4 nitrogen and oxygen atoms in total. The predicted molar refractivity (Wildman–Crippen MR) is 93.8 cm³/mol. The highest BCUT2D eigenvalue weighted by Gasteiger charge is 2.25. The summed E-state index contributed by atoms with van der Waals surface area (Å²) in [6.45, 7) is 5.66. The summed E-state index contributed by atoms with van der Waals surface area (Å²) in [7, 11) is 1.93. The van der Waals surface area contributed by atoms with Crippen LogP contribution in [0.25, 0.3) is 0 Å². The van der Waals surface area contributed by atoms with Gasteiger partial charge in [-0.15, -0.1) is 0 Å². The summed E-state index contributed by atoms with van der Waals surface area (Å²) in [5, 5.41) is 8.92. The van der Waals surface area contributed by atoms with E-state index in [4.69, 9.17) is 5.11 Å². The Balaban J connectivity index is 1.85. The van der Waals surface area contributed by atoms with E-state index in [9.17, 15) is 4.79 Å². The van der Waals surface area contributed by atoms with E-state index in [0.717, 1.165) is 32.5 Å². The molecule has 1 atom stereocenters. The van der Waals surface area contributed by atoms with Crippen LogP contribution in [-0.4, -0.2) is 60.1 Å². The van der Waals surface area contributed by atoms with Gasteiger partial charge in [0.25, 0.3) is 0 Å². The second kappa shape index (κ2) is 9.04. The van der Waals surface area contributed by atoms with Crippen molar-refractivity contribution in [1.29, 1.82) is 0 Å². The van der Waals surface area contributed by atoms with Gasteiger partial charge in [0.15, 0.2) is 0 Å².